The molecule has 3 heterocycles. The highest BCUT2D eigenvalue weighted by atomic mass is 16.5. The van der Waals surface area contributed by atoms with Crippen molar-refractivity contribution in [2.75, 3.05) is 26.7 Å². The van der Waals surface area contributed by atoms with Crippen molar-refractivity contribution < 1.29 is 9.53 Å². The molecule has 0 saturated carbocycles. The average molecular weight is 274 g/mol. The van der Waals surface area contributed by atoms with E-state index >= 15 is 0 Å². The minimum absolute atomic E-state index is 0.352. The molecule has 3 rings (SSSR count). The number of hydrogen-bond donors (Lipinski definition) is 0. The van der Waals surface area contributed by atoms with Crippen LogP contribution in [0, 0.1) is 0 Å². The molecular formula is C14H18N4O2. The van der Waals surface area contributed by atoms with Gasteiger partial charge in [0.05, 0.1) is 12.7 Å². The molecule has 0 N–H and O–H groups in total. The first-order valence-corrected chi connectivity index (χ1v) is 6.88. The van der Waals surface area contributed by atoms with Crippen LogP contribution in [0.25, 0.3) is 5.65 Å². The highest BCUT2D eigenvalue weighted by molar-refractivity contribution is 5.90. The van der Waals surface area contributed by atoms with Crippen LogP contribution in [0.2, 0.25) is 0 Å². The second-order valence-corrected chi connectivity index (χ2v) is 5.07. The van der Waals surface area contributed by atoms with E-state index in [9.17, 15) is 4.79 Å². The zero-order chi connectivity index (χ0) is 14.1. The fraction of sp³-hybridized carbons (Fsp3) is 0.500. The Morgan fingerprint density at radius 2 is 2.35 bits per heavy atom. The van der Waals surface area contributed by atoms with Crippen molar-refractivity contribution >= 4 is 11.6 Å². The smallest absolute Gasteiger partial charge is 0.338 e. The van der Waals surface area contributed by atoms with E-state index in [-0.39, 0.29) is 5.97 Å². The van der Waals surface area contributed by atoms with E-state index in [1.54, 1.807) is 12.1 Å². The Morgan fingerprint density at radius 1 is 1.50 bits per heavy atom. The molecule has 1 aliphatic heterocycles. The monoisotopic (exact) mass is 274 g/mol. The summed E-state index contributed by atoms with van der Waals surface area (Å²) >= 11 is 0. The van der Waals surface area contributed by atoms with Crippen molar-refractivity contribution in [1.82, 2.24) is 19.5 Å². The minimum atomic E-state index is -0.352. The highest BCUT2D eigenvalue weighted by Crippen LogP contribution is 2.26. The van der Waals surface area contributed by atoms with Crippen molar-refractivity contribution in [2.24, 2.45) is 0 Å². The summed E-state index contributed by atoms with van der Waals surface area (Å²) in [6, 6.07) is 3.47. The van der Waals surface area contributed by atoms with E-state index in [1.165, 1.54) is 7.11 Å². The molecule has 1 unspecified atom stereocenters. The molecule has 1 fully saturated rings. The summed E-state index contributed by atoms with van der Waals surface area (Å²) in [5, 5.41) is 8.48. The van der Waals surface area contributed by atoms with Gasteiger partial charge in [-0.05, 0) is 31.6 Å². The number of carbonyl (C=O) groups is 1. The summed E-state index contributed by atoms with van der Waals surface area (Å²) in [5.41, 5.74) is 1.19. The van der Waals surface area contributed by atoms with Crippen molar-refractivity contribution in [3.8, 4) is 0 Å². The van der Waals surface area contributed by atoms with E-state index in [2.05, 4.69) is 22.0 Å². The van der Waals surface area contributed by atoms with Crippen LogP contribution in [0.5, 0.6) is 0 Å². The summed E-state index contributed by atoms with van der Waals surface area (Å²) in [6.45, 7) is 5.37. The van der Waals surface area contributed by atoms with Gasteiger partial charge in [0, 0.05) is 18.7 Å². The number of likely N-dealkylation sites (N-methyl/N-ethyl adjacent to an activating group) is 1. The molecule has 2 aromatic heterocycles. The lowest BCUT2D eigenvalue weighted by molar-refractivity contribution is 0.0600. The molecule has 0 aromatic carbocycles. The number of esters is 1. The van der Waals surface area contributed by atoms with Gasteiger partial charge < -0.3 is 9.64 Å². The van der Waals surface area contributed by atoms with Crippen LogP contribution in [0.1, 0.15) is 35.4 Å². The molecule has 2 aromatic rings. The number of hydrogen-bond acceptors (Lipinski definition) is 5. The number of methoxy groups -OCH3 is 1. The SMILES string of the molecule is CCN1CCC(c2nnc3cc(C(=O)OC)ccn23)C1. The van der Waals surface area contributed by atoms with Gasteiger partial charge in [0.25, 0.3) is 0 Å². The fourth-order valence-electron chi connectivity index (χ4n) is 2.76. The van der Waals surface area contributed by atoms with Gasteiger partial charge in [-0.25, -0.2) is 4.79 Å². The molecule has 6 heteroatoms. The Balaban J connectivity index is 1.92. The topological polar surface area (TPSA) is 59.7 Å². The summed E-state index contributed by atoms with van der Waals surface area (Å²) < 4.78 is 6.69. The lowest BCUT2D eigenvalue weighted by atomic mass is 10.1. The Labute approximate surface area is 117 Å². The van der Waals surface area contributed by atoms with Crippen LogP contribution in [-0.2, 0) is 4.74 Å². The molecule has 1 saturated heterocycles. The van der Waals surface area contributed by atoms with E-state index in [0.29, 0.717) is 17.1 Å². The molecule has 0 aliphatic carbocycles. The zero-order valence-corrected chi connectivity index (χ0v) is 11.7. The normalized spacial score (nSPS) is 19.6. The maximum Gasteiger partial charge on any atom is 0.338 e. The van der Waals surface area contributed by atoms with Gasteiger partial charge in [-0.1, -0.05) is 6.92 Å². The first kappa shape index (κ1) is 13.1. The van der Waals surface area contributed by atoms with Gasteiger partial charge in [0.2, 0.25) is 0 Å². The Kier molecular flexibility index (Phi) is 3.40. The van der Waals surface area contributed by atoms with Crippen LogP contribution in [0.15, 0.2) is 18.3 Å². The molecular weight excluding hydrogens is 256 g/mol. The fourth-order valence-corrected chi connectivity index (χ4v) is 2.76. The number of likely N-dealkylation sites (tertiary alicyclic amines) is 1. The van der Waals surface area contributed by atoms with E-state index in [4.69, 9.17) is 4.74 Å². The Hall–Kier alpha value is -1.95. The quantitative estimate of drug-likeness (QED) is 0.790. The molecule has 0 bridgehead atoms. The first-order valence-electron chi connectivity index (χ1n) is 6.88. The lowest BCUT2D eigenvalue weighted by Crippen LogP contribution is -2.19. The molecule has 0 amide bonds. The molecule has 0 spiro atoms. The van der Waals surface area contributed by atoms with Crippen LogP contribution in [0.4, 0.5) is 0 Å². The first-order chi connectivity index (χ1) is 9.72. The molecule has 1 aliphatic rings. The number of carbonyl (C=O) groups excluding carboxylic acids is 1. The van der Waals surface area contributed by atoms with Crippen LogP contribution < -0.4 is 0 Å². The van der Waals surface area contributed by atoms with Crippen LogP contribution in [-0.4, -0.2) is 52.2 Å². The highest BCUT2D eigenvalue weighted by Gasteiger charge is 2.26. The van der Waals surface area contributed by atoms with E-state index in [1.807, 2.05) is 10.6 Å². The summed E-state index contributed by atoms with van der Waals surface area (Å²) in [7, 11) is 1.37. The molecule has 6 nitrogen and oxygen atoms in total. The number of rotatable bonds is 3. The van der Waals surface area contributed by atoms with E-state index < -0.39 is 0 Å². The Bertz CT molecular complexity index is 637. The van der Waals surface area contributed by atoms with Crippen molar-refractivity contribution in [1.29, 1.82) is 0 Å². The number of fused-ring (bicyclic) bond motifs is 1. The summed E-state index contributed by atoms with van der Waals surface area (Å²) in [6.07, 6.45) is 2.96. The third-order valence-electron chi connectivity index (χ3n) is 3.94. The molecule has 106 valence electrons. The number of ether oxygens (including phenoxy) is 1. The Morgan fingerprint density at radius 3 is 3.05 bits per heavy atom. The maximum absolute atomic E-state index is 11.5. The number of pyridine rings is 1. The van der Waals surface area contributed by atoms with Crippen molar-refractivity contribution in [3.05, 3.63) is 29.7 Å². The number of nitrogens with zero attached hydrogens (tertiary/aromatic N) is 4. The van der Waals surface area contributed by atoms with Gasteiger partial charge >= 0.3 is 5.97 Å². The largest absolute Gasteiger partial charge is 0.465 e. The molecule has 1 atom stereocenters. The predicted octanol–water partition coefficient (Wildman–Crippen LogP) is 1.33. The van der Waals surface area contributed by atoms with Gasteiger partial charge in [-0.15, -0.1) is 10.2 Å². The molecule has 0 radical (unpaired) electrons. The predicted molar refractivity (Wildman–Crippen MR) is 73.8 cm³/mol. The second-order valence-electron chi connectivity index (χ2n) is 5.07. The van der Waals surface area contributed by atoms with Gasteiger partial charge in [0.1, 0.15) is 5.82 Å². The molecule has 20 heavy (non-hydrogen) atoms. The summed E-state index contributed by atoms with van der Waals surface area (Å²) in [4.78, 5) is 13.9. The maximum atomic E-state index is 11.5. The third kappa shape index (κ3) is 2.16. The third-order valence-corrected chi connectivity index (χ3v) is 3.94. The van der Waals surface area contributed by atoms with Crippen molar-refractivity contribution in [2.45, 2.75) is 19.3 Å². The average Bonchev–Trinajstić information content (AvgIpc) is 3.11. The standard InChI is InChI=1S/C14H18N4O2/c1-3-17-6-4-11(9-17)13-16-15-12-8-10(14(19)20-2)5-7-18(12)13/h5,7-8,11H,3-4,6,9H2,1-2H3. The number of aromatic nitrogens is 3. The van der Waals surface area contributed by atoms with Gasteiger partial charge in [-0.3, -0.25) is 4.40 Å². The van der Waals surface area contributed by atoms with Crippen LogP contribution >= 0.6 is 0 Å². The van der Waals surface area contributed by atoms with Gasteiger partial charge in [-0.2, -0.15) is 0 Å². The van der Waals surface area contributed by atoms with Gasteiger partial charge in [0.15, 0.2) is 5.65 Å². The summed E-state index contributed by atoms with van der Waals surface area (Å²) in [5.74, 6) is 1.04. The minimum Gasteiger partial charge on any atom is -0.465 e. The van der Waals surface area contributed by atoms with Crippen molar-refractivity contribution in [3.63, 3.8) is 0 Å². The zero-order valence-electron chi connectivity index (χ0n) is 11.7. The van der Waals surface area contributed by atoms with E-state index in [0.717, 1.165) is 31.9 Å². The lowest BCUT2D eigenvalue weighted by Gasteiger charge is -2.12. The van der Waals surface area contributed by atoms with Crippen LogP contribution in [0.3, 0.4) is 0 Å². The second kappa shape index (κ2) is 5.20.